The number of ether oxygens (including phenoxy) is 1. The third-order valence-corrected chi connectivity index (χ3v) is 1.02. The molecule has 0 unspecified atom stereocenters. The van der Waals surface area contributed by atoms with E-state index in [1.54, 1.807) is 14.0 Å². The maximum absolute atomic E-state index is 4.81. The van der Waals surface area contributed by atoms with Gasteiger partial charge >= 0.3 is 0 Å². The lowest BCUT2D eigenvalue weighted by molar-refractivity contribution is 0.399. The van der Waals surface area contributed by atoms with Crippen molar-refractivity contribution in [3.63, 3.8) is 0 Å². The van der Waals surface area contributed by atoms with Gasteiger partial charge < -0.3 is 4.74 Å². The molecule has 0 aromatic rings. The van der Waals surface area contributed by atoms with Gasteiger partial charge in [0.2, 0.25) is 0 Å². The van der Waals surface area contributed by atoms with Gasteiger partial charge in [0.15, 0.2) is 5.90 Å². The summed E-state index contributed by atoms with van der Waals surface area (Å²) in [6.07, 6.45) is 0.876. The van der Waals surface area contributed by atoms with Gasteiger partial charge in [-0.2, -0.15) is 0 Å². The molecule has 0 aliphatic heterocycles. The van der Waals surface area contributed by atoms with E-state index in [1.807, 2.05) is 6.92 Å². The number of hydrogen-bond acceptors (Lipinski definition) is 2. The molecule has 0 rings (SSSR count). The summed E-state index contributed by atoms with van der Waals surface area (Å²) in [5.41, 5.74) is 0.856. The highest BCUT2D eigenvalue weighted by atomic mass is 16.5. The van der Waals surface area contributed by atoms with Gasteiger partial charge in [-0.25, -0.2) is 4.99 Å². The zero-order chi connectivity index (χ0) is 7.28. The Morgan fingerprint density at radius 1 is 1.67 bits per heavy atom. The molecule has 0 N–H and O–H groups in total. The van der Waals surface area contributed by atoms with E-state index in [0.717, 1.165) is 12.1 Å². The minimum atomic E-state index is 0.668. The minimum Gasteiger partial charge on any atom is -0.484 e. The molecule has 52 valence electrons. The van der Waals surface area contributed by atoms with Crippen LogP contribution in [0.25, 0.3) is 0 Å². The summed E-state index contributed by atoms with van der Waals surface area (Å²) in [5.74, 6) is 0.668. The average Bonchev–Trinajstić information content (AvgIpc) is 1.87. The van der Waals surface area contributed by atoms with Crippen molar-refractivity contribution < 1.29 is 4.74 Å². The van der Waals surface area contributed by atoms with E-state index in [-0.39, 0.29) is 0 Å². The number of nitrogens with zero attached hydrogens (tertiary/aromatic N) is 1. The Hall–Kier alpha value is -0.790. The molecule has 9 heavy (non-hydrogen) atoms. The summed E-state index contributed by atoms with van der Waals surface area (Å²) in [6.45, 7) is 7.51. The first kappa shape index (κ1) is 8.21. The maximum Gasteiger partial charge on any atom is 0.184 e. The number of methoxy groups -OCH3 is 1. The minimum absolute atomic E-state index is 0.668. The van der Waals surface area contributed by atoms with Crippen LogP contribution in [0.3, 0.4) is 0 Å². The molecule has 0 aliphatic rings. The molecule has 0 aromatic heterocycles. The average molecular weight is 127 g/mol. The number of aliphatic imine (C=N–C) groups is 1. The van der Waals surface area contributed by atoms with Crippen LogP contribution in [0.4, 0.5) is 0 Å². The lowest BCUT2D eigenvalue weighted by Crippen LogP contribution is -1.93. The normalized spacial score (nSPS) is 11.2. The zero-order valence-corrected chi connectivity index (χ0v) is 6.27. The molecule has 0 fully saturated rings. The van der Waals surface area contributed by atoms with Crippen LogP contribution in [0.2, 0.25) is 0 Å². The van der Waals surface area contributed by atoms with E-state index in [4.69, 9.17) is 4.74 Å². The highest BCUT2D eigenvalue weighted by molar-refractivity contribution is 5.73. The fraction of sp³-hybridized carbons (Fsp3) is 0.571. The predicted molar refractivity (Wildman–Crippen MR) is 39.5 cm³/mol. The summed E-state index contributed by atoms with van der Waals surface area (Å²) in [4.78, 5) is 4.01. The third kappa shape index (κ3) is 3.76. The maximum atomic E-state index is 4.81. The Kier molecular flexibility index (Phi) is 3.76. The van der Waals surface area contributed by atoms with Crippen molar-refractivity contribution in [1.29, 1.82) is 0 Å². The van der Waals surface area contributed by atoms with Crippen LogP contribution in [0.1, 0.15) is 20.3 Å². The lowest BCUT2D eigenvalue weighted by atomic mass is 10.4. The molecule has 0 radical (unpaired) electrons. The summed E-state index contributed by atoms with van der Waals surface area (Å²) in [5, 5.41) is 0. The van der Waals surface area contributed by atoms with Gasteiger partial charge in [-0.15, -0.1) is 0 Å². The van der Waals surface area contributed by atoms with Crippen molar-refractivity contribution in [2.75, 3.05) is 7.11 Å². The highest BCUT2D eigenvalue weighted by Crippen LogP contribution is 1.97. The summed E-state index contributed by atoms with van der Waals surface area (Å²) in [6, 6.07) is 0. The van der Waals surface area contributed by atoms with Gasteiger partial charge in [0.05, 0.1) is 7.11 Å². The Labute approximate surface area is 56.2 Å². The Morgan fingerprint density at radius 2 is 2.22 bits per heavy atom. The van der Waals surface area contributed by atoms with E-state index < -0.39 is 0 Å². The van der Waals surface area contributed by atoms with Crippen molar-refractivity contribution in [2.45, 2.75) is 20.3 Å². The standard InChI is InChI=1S/C7H13NO/c1-5-6(2)8-7(3)9-4/h2,5H2,1,3-4H3. The Balaban J connectivity index is 3.79. The van der Waals surface area contributed by atoms with Gasteiger partial charge in [0.25, 0.3) is 0 Å². The predicted octanol–water partition coefficient (Wildman–Crippen LogP) is 1.97. The molecule has 2 heteroatoms. The smallest absolute Gasteiger partial charge is 0.184 e. The summed E-state index contributed by atoms with van der Waals surface area (Å²) < 4.78 is 4.81. The monoisotopic (exact) mass is 127 g/mol. The fourth-order valence-electron chi connectivity index (χ4n) is 0.347. The van der Waals surface area contributed by atoms with Gasteiger partial charge in [-0.3, -0.25) is 0 Å². The van der Waals surface area contributed by atoms with Crippen molar-refractivity contribution >= 4 is 5.90 Å². The molecule has 0 spiro atoms. The van der Waals surface area contributed by atoms with Crippen LogP contribution >= 0.6 is 0 Å². The zero-order valence-electron chi connectivity index (χ0n) is 6.27. The van der Waals surface area contributed by atoms with E-state index in [9.17, 15) is 0 Å². The Morgan fingerprint density at radius 3 is 2.56 bits per heavy atom. The molecule has 0 saturated heterocycles. The quantitative estimate of drug-likeness (QED) is 0.410. The number of rotatable bonds is 2. The van der Waals surface area contributed by atoms with Crippen molar-refractivity contribution in [3.8, 4) is 0 Å². The molecule has 0 heterocycles. The van der Waals surface area contributed by atoms with Crippen LogP contribution in [0, 0.1) is 0 Å². The fourth-order valence-corrected chi connectivity index (χ4v) is 0.347. The second-order valence-corrected chi connectivity index (χ2v) is 1.75. The van der Waals surface area contributed by atoms with Crippen molar-refractivity contribution in [1.82, 2.24) is 0 Å². The third-order valence-electron chi connectivity index (χ3n) is 1.02. The molecule has 0 amide bonds. The van der Waals surface area contributed by atoms with Crippen LogP contribution in [-0.4, -0.2) is 13.0 Å². The van der Waals surface area contributed by atoms with Gasteiger partial charge in [0.1, 0.15) is 0 Å². The molecule has 0 bridgehead atoms. The van der Waals surface area contributed by atoms with Crippen LogP contribution in [0.5, 0.6) is 0 Å². The lowest BCUT2D eigenvalue weighted by Gasteiger charge is -1.97. The van der Waals surface area contributed by atoms with Crippen LogP contribution in [-0.2, 0) is 4.74 Å². The van der Waals surface area contributed by atoms with Crippen molar-refractivity contribution in [2.24, 2.45) is 4.99 Å². The van der Waals surface area contributed by atoms with Crippen molar-refractivity contribution in [3.05, 3.63) is 12.3 Å². The second-order valence-electron chi connectivity index (χ2n) is 1.75. The molecular weight excluding hydrogens is 114 g/mol. The first-order valence-electron chi connectivity index (χ1n) is 2.97. The van der Waals surface area contributed by atoms with Crippen LogP contribution < -0.4 is 0 Å². The van der Waals surface area contributed by atoms with Crippen LogP contribution in [0.15, 0.2) is 17.3 Å². The summed E-state index contributed by atoms with van der Waals surface area (Å²) in [7, 11) is 1.60. The highest BCUT2D eigenvalue weighted by Gasteiger charge is 1.86. The summed E-state index contributed by atoms with van der Waals surface area (Å²) >= 11 is 0. The van der Waals surface area contributed by atoms with E-state index in [2.05, 4.69) is 11.6 Å². The van der Waals surface area contributed by atoms with E-state index in [1.165, 1.54) is 0 Å². The Bertz CT molecular complexity index is 127. The molecule has 0 aromatic carbocycles. The second kappa shape index (κ2) is 4.13. The molecule has 0 atom stereocenters. The van der Waals surface area contributed by atoms with Gasteiger partial charge in [-0.1, -0.05) is 13.5 Å². The molecule has 0 aliphatic carbocycles. The van der Waals surface area contributed by atoms with E-state index in [0.29, 0.717) is 5.90 Å². The molecule has 0 saturated carbocycles. The largest absolute Gasteiger partial charge is 0.484 e. The van der Waals surface area contributed by atoms with Gasteiger partial charge in [0, 0.05) is 12.6 Å². The first-order chi connectivity index (χ1) is 4.20. The van der Waals surface area contributed by atoms with Gasteiger partial charge in [-0.05, 0) is 6.42 Å². The molecular formula is C7H13NO. The SMILES string of the molecule is C=C(CC)N=C(C)OC. The first-order valence-corrected chi connectivity index (χ1v) is 2.97. The number of hydrogen-bond donors (Lipinski definition) is 0. The number of allylic oxidation sites excluding steroid dienone is 1. The molecule has 2 nitrogen and oxygen atoms in total. The van der Waals surface area contributed by atoms with E-state index >= 15 is 0 Å². The topological polar surface area (TPSA) is 21.6 Å².